The molecule has 1 fully saturated rings. The van der Waals surface area contributed by atoms with Gasteiger partial charge < -0.3 is 0 Å². The molecular formula is C2H2ClFS. The summed E-state index contributed by atoms with van der Waals surface area (Å²) in [6, 6.07) is 0. The molecule has 1 rings (SSSR count). The van der Waals surface area contributed by atoms with Gasteiger partial charge in [-0.05, 0) is 0 Å². The van der Waals surface area contributed by atoms with E-state index in [1.54, 1.807) is 0 Å². The minimum atomic E-state index is -0.767. The van der Waals surface area contributed by atoms with Crippen molar-refractivity contribution >= 4 is 23.4 Å². The third-order valence-corrected chi connectivity index (χ3v) is 1.79. The van der Waals surface area contributed by atoms with Crippen LogP contribution in [0.25, 0.3) is 0 Å². The molecule has 0 nitrogen and oxygen atoms in total. The number of alkyl halides is 2. The number of hydrogen-bond donors (Lipinski definition) is 0. The van der Waals surface area contributed by atoms with Crippen molar-refractivity contribution in [1.82, 2.24) is 0 Å². The molecule has 0 saturated carbocycles. The molecule has 0 radical (unpaired) electrons. The van der Waals surface area contributed by atoms with Gasteiger partial charge in [0.25, 0.3) is 0 Å². The Balaban J connectivity index is 2.20. The van der Waals surface area contributed by atoms with Crippen LogP contribution in [0.1, 0.15) is 0 Å². The molecule has 2 atom stereocenters. The highest BCUT2D eigenvalue weighted by atomic mass is 35.5. The van der Waals surface area contributed by atoms with Crippen LogP contribution in [0, 0.1) is 0 Å². The monoisotopic (exact) mass is 112 g/mol. The van der Waals surface area contributed by atoms with E-state index in [1.807, 2.05) is 0 Å². The van der Waals surface area contributed by atoms with Gasteiger partial charge in [-0.2, -0.15) is 0 Å². The van der Waals surface area contributed by atoms with Gasteiger partial charge in [0, 0.05) is 0 Å². The first-order valence-corrected chi connectivity index (χ1v) is 2.62. The van der Waals surface area contributed by atoms with Gasteiger partial charge in [-0.1, -0.05) is 11.8 Å². The maximum absolute atomic E-state index is 11.3. The third-order valence-electron chi connectivity index (χ3n) is 0.389. The van der Waals surface area contributed by atoms with E-state index in [2.05, 4.69) is 0 Å². The van der Waals surface area contributed by atoms with E-state index in [9.17, 15) is 4.39 Å². The molecule has 0 aromatic heterocycles. The second-order valence-electron chi connectivity index (χ2n) is 0.838. The summed E-state index contributed by atoms with van der Waals surface area (Å²) in [5.41, 5.74) is -0.767. The molecule has 2 unspecified atom stereocenters. The predicted molar refractivity (Wildman–Crippen MR) is 22.1 cm³/mol. The van der Waals surface area contributed by atoms with Gasteiger partial charge in [0.05, 0.1) is 0 Å². The molecule has 1 saturated heterocycles. The van der Waals surface area contributed by atoms with Gasteiger partial charge >= 0.3 is 0 Å². The molecule has 0 spiro atoms. The van der Waals surface area contributed by atoms with Crippen LogP contribution in [-0.2, 0) is 0 Å². The van der Waals surface area contributed by atoms with Gasteiger partial charge in [0.15, 0.2) is 5.50 Å². The van der Waals surface area contributed by atoms with E-state index in [1.165, 1.54) is 0 Å². The fraction of sp³-hybridized carbons (Fsp3) is 1.00. The van der Waals surface area contributed by atoms with Gasteiger partial charge in [-0.25, -0.2) is 4.39 Å². The Morgan fingerprint density at radius 1 is 1.80 bits per heavy atom. The van der Waals surface area contributed by atoms with Crippen LogP contribution in [0.5, 0.6) is 0 Å². The van der Waals surface area contributed by atoms with E-state index in [-0.39, 0.29) is 4.71 Å². The minimum absolute atomic E-state index is 0.227. The highest BCUT2D eigenvalue weighted by Gasteiger charge is 2.36. The first kappa shape index (κ1) is 3.75. The normalized spacial score (nSPS) is 49.2. The lowest BCUT2D eigenvalue weighted by atomic mass is 10.9. The summed E-state index contributed by atoms with van der Waals surface area (Å²) >= 11 is 6.27. The molecule has 0 bridgehead atoms. The summed E-state index contributed by atoms with van der Waals surface area (Å²) in [5.74, 6) is 0. The Kier molecular flexibility index (Phi) is 0.762. The summed E-state index contributed by atoms with van der Waals surface area (Å²) in [6.07, 6.45) is 0. The van der Waals surface area contributed by atoms with Gasteiger partial charge in [-0.3, -0.25) is 0 Å². The second-order valence-corrected chi connectivity index (χ2v) is 2.80. The molecule has 3 heteroatoms. The van der Waals surface area contributed by atoms with Crippen molar-refractivity contribution in [2.75, 3.05) is 0 Å². The highest BCUT2D eigenvalue weighted by molar-refractivity contribution is 8.08. The smallest absolute Gasteiger partial charge is 0.173 e. The predicted octanol–water partition coefficient (Wildman–Crippen LogP) is 1.59. The van der Waals surface area contributed by atoms with Crippen LogP contribution < -0.4 is 0 Å². The summed E-state index contributed by atoms with van der Waals surface area (Å²) in [4.78, 5) is 0. The molecule has 0 aromatic carbocycles. The largest absolute Gasteiger partial charge is 0.233 e. The maximum atomic E-state index is 11.3. The lowest BCUT2D eigenvalue weighted by molar-refractivity contribution is 0.515. The SMILES string of the molecule is FC1SC1Cl. The van der Waals surface area contributed by atoms with Crippen molar-refractivity contribution in [3.05, 3.63) is 0 Å². The van der Waals surface area contributed by atoms with Crippen molar-refractivity contribution in [1.29, 1.82) is 0 Å². The maximum Gasteiger partial charge on any atom is 0.173 e. The van der Waals surface area contributed by atoms with Crippen LogP contribution in [-0.4, -0.2) is 10.2 Å². The average Bonchev–Trinajstić information content (AvgIpc) is 1.79. The summed E-state index contributed by atoms with van der Waals surface area (Å²) in [5, 5.41) is 0. The van der Waals surface area contributed by atoms with E-state index in [4.69, 9.17) is 11.6 Å². The van der Waals surface area contributed by atoms with Crippen molar-refractivity contribution in [3.63, 3.8) is 0 Å². The molecule has 5 heavy (non-hydrogen) atoms. The molecule has 1 aliphatic rings. The molecule has 0 amide bonds. The molecule has 0 aliphatic carbocycles. The number of thioether (sulfide) groups is 1. The highest BCUT2D eigenvalue weighted by Crippen LogP contribution is 2.44. The first-order valence-electron chi connectivity index (χ1n) is 1.24. The Labute approximate surface area is 38.7 Å². The zero-order chi connectivity index (χ0) is 3.86. The van der Waals surface area contributed by atoms with Crippen LogP contribution in [0.15, 0.2) is 0 Å². The van der Waals surface area contributed by atoms with E-state index in [0.717, 1.165) is 11.8 Å². The Hall–Kier alpha value is 0.570. The second kappa shape index (κ2) is 1.02. The van der Waals surface area contributed by atoms with Crippen LogP contribution in [0.2, 0.25) is 0 Å². The van der Waals surface area contributed by atoms with E-state index in [0.29, 0.717) is 0 Å². The standard InChI is InChI=1S/C2H2ClFS/c3-1-2(4)5-1/h1-2H. The Morgan fingerprint density at radius 3 is 2.00 bits per heavy atom. The Morgan fingerprint density at radius 2 is 2.00 bits per heavy atom. The topological polar surface area (TPSA) is 0 Å². The quantitative estimate of drug-likeness (QED) is 0.339. The molecule has 30 valence electrons. The van der Waals surface area contributed by atoms with E-state index < -0.39 is 5.50 Å². The van der Waals surface area contributed by atoms with Crippen molar-refractivity contribution in [3.8, 4) is 0 Å². The third kappa shape index (κ3) is 0.699. The Bertz CT molecular complexity index is 42.9. The van der Waals surface area contributed by atoms with E-state index >= 15 is 0 Å². The molecule has 1 aliphatic heterocycles. The average molecular weight is 113 g/mol. The van der Waals surface area contributed by atoms with Gasteiger partial charge in [0.1, 0.15) is 4.71 Å². The fourth-order valence-electron chi connectivity index (χ4n) is 0.0788. The van der Waals surface area contributed by atoms with Crippen LogP contribution in [0.3, 0.4) is 0 Å². The van der Waals surface area contributed by atoms with Gasteiger partial charge in [-0.15, -0.1) is 11.6 Å². The summed E-state index contributed by atoms with van der Waals surface area (Å²) < 4.78 is 11.1. The van der Waals surface area contributed by atoms with Gasteiger partial charge in [0.2, 0.25) is 0 Å². The van der Waals surface area contributed by atoms with Crippen molar-refractivity contribution < 1.29 is 4.39 Å². The van der Waals surface area contributed by atoms with Crippen LogP contribution >= 0.6 is 23.4 Å². The number of halogens is 2. The van der Waals surface area contributed by atoms with Crippen molar-refractivity contribution in [2.24, 2.45) is 0 Å². The number of rotatable bonds is 0. The molecule has 0 N–H and O–H groups in total. The zero-order valence-corrected chi connectivity index (χ0v) is 3.89. The summed E-state index contributed by atoms with van der Waals surface area (Å²) in [7, 11) is 0. The molecular weight excluding hydrogens is 111 g/mol. The lowest BCUT2D eigenvalue weighted by Gasteiger charge is -1.57. The fourth-order valence-corrected chi connectivity index (χ4v) is 0.531. The minimum Gasteiger partial charge on any atom is -0.233 e. The summed E-state index contributed by atoms with van der Waals surface area (Å²) in [6.45, 7) is 0. The lowest BCUT2D eigenvalue weighted by Crippen LogP contribution is -1.66. The van der Waals surface area contributed by atoms with Crippen molar-refractivity contribution in [2.45, 2.75) is 10.2 Å². The molecule has 0 aromatic rings. The zero-order valence-electron chi connectivity index (χ0n) is 2.32. The van der Waals surface area contributed by atoms with Crippen LogP contribution in [0.4, 0.5) is 4.39 Å². The number of hydrogen-bond acceptors (Lipinski definition) is 1. The first-order chi connectivity index (χ1) is 2.30. The molecule has 1 heterocycles.